The van der Waals surface area contributed by atoms with E-state index in [9.17, 15) is 5.11 Å². The Morgan fingerprint density at radius 2 is 2.22 bits per heavy atom. The number of benzene rings is 1. The Hall–Kier alpha value is -1.06. The van der Waals surface area contributed by atoms with Crippen LogP contribution in [0.3, 0.4) is 0 Å². The molecular weight excluding hydrogens is 224 g/mol. The van der Waals surface area contributed by atoms with Crippen LogP contribution in [0.2, 0.25) is 0 Å². The Bertz CT molecular complexity index is 415. The summed E-state index contributed by atoms with van der Waals surface area (Å²) in [5.74, 6) is 0.586. The van der Waals surface area contributed by atoms with Crippen LogP contribution in [-0.4, -0.2) is 36.9 Å². The van der Waals surface area contributed by atoms with Crippen LogP contribution in [0.5, 0.6) is 0 Å². The number of hydrogen-bond donors (Lipinski definition) is 2. The van der Waals surface area contributed by atoms with Gasteiger partial charge in [0.1, 0.15) is 0 Å². The first kappa shape index (κ1) is 12.0. The van der Waals surface area contributed by atoms with Gasteiger partial charge in [-0.2, -0.15) is 0 Å². The number of aryl methyl sites for hydroxylation is 1. The Kier molecular flexibility index (Phi) is 3.27. The van der Waals surface area contributed by atoms with Gasteiger partial charge in [-0.05, 0) is 49.9 Å². The molecule has 0 bridgehead atoms. The third-order valence-corrected chi connectivity index (χ3v) is 4.33. The highest BCUT2D eigenvalue weighted by atomic mass is 16.3. The lowest BCUT2D eigenvalue weighted by atomic mass is 9.94. The van der Waals surface area contributed by atoms with Crippen LogP contribution < -0.4 is 10.2 Å². The van der Waals surface area contributed by atoms with Crippen molar-refractivity contribution in [3.8, 4) is 0 Å². The second-order valence-electron chi connectivity index (χ2n) is 5.63. The van der Waals surface area contributed by atoms with Crippen molar-refractivity contribution in [1.82, 2.24) is 5.32 Å². The SMILES string of the molecule is Cc1cccc(N2CCC(O)C2C2CCNC2)c1. The second kappa shape index (κ2) is 4.90. The molecule has 0 amide bonds. The molecule has 2 saturated heterocycles. The van der Waals surface area contributed by atoms with Gasteiger partial charge >= 0.3 is 0 Å². The summed E-state index contributed by atoms with van der Waals surface area (Å²) in [6.07, 6.45) is 1.91. The van der Waals surface area contributed by atoms with E-state index in [0.29, 0.717) is 12.0 Å². The molecule has 0 radical (unpaired) electrons. The summed E-state index contributed by atoms with van der Waals surface area (Å²) in [5, 5.41) is 13.7. The van der Waals surface area contributed by atoms with E-state index in [1.54, 1.807) is 0 Å². The average Bonchev–Trinajstić information content (AvgIpc) is 2.97. The third kappa shape index (κ3) is 2.13. The number of nitrogens with zero attached hydrogens (tertiary/aromatic N) is 1. The highest BCUT2D eigenvalue weighted by Gasteiger charge is 2.39. The van der Waals surface area contributed by atoms with Crippen LogP contribution in [0.1, 0.15) is 18.4 Å². The van der Waals surface area contributed by atoms with E-state index in [2.05, 4.69) is 41.4 Å². The quantitative estimate of drug-likeness (QED) is 0.831. The first-order valence-corrected chi connectivity index (χ1v) is 6.98. The number of rotatable bonds is 2. The van der Waals surface area contributed by atoms with Crippen LogP contribution in [-0.2, 0) is 0 Å². The van der Waals surface area contributed by atoms with Crippen LogP contribution in [0.4, 0.5) is 5.69 Å². The number of anilines is 1. The second-order valence-corrected chi connectivity index (χ2v) is 5.63. The Morgan fingerprint density at radius 1 is 1.33 bits per heavy atom. The van der Waals surface area contributed by atoms with Gasteiger partial charge in [-0.3, -0.25) is 0 Å². The van der Waals surface area contributed by atoms with Crippen molar-refractivity contribution in [3.63, 3.8) is 0 Å². The third-order valence-electron chi connectivity index (χ3n) is 4.33. The maximum absolute atomic E-state index is 10.3. The molecule has 0 aromatic heterocycles. The molecule has 2 fully saturated rings. The van der Waals surface area contributed by atoms with Gasteiger partial charge in [0.15, 0.2) is 0 Å². The molecule has 1 aromatic rings. The zero-order valence-electron chi connectivity index (χ0n) is 11.0. The largest absolute Gasteiger partial charge is 0.391 e. The fraction of sp³-hybridized carbons (Fsp3) is 0.600. The minimum atomic E-state index is -0.171. The number of aliphatic hydroxyl groups excluding tert-OH is 1. The molecule has 3 nitrogen and oxygen atoms in total. The molecule has 2 aliphatic rings. The van der Waals surface area contributed by atoms with Gasteiger partial charge in [-0.15, -0.1) is 0 Å². The fourth-order valence-electron chi connectivity index (χ4n) is 3.44. The maximum Gasteiger partial charge on any atom is 0.0763 e. The zero-order valence-corrected chi connectivity index (χ0v) is 11.0. The van der Waals surface area contributed by atoms with Gasteiger partial charge in [0.2, 0.25) is 0 Å². The summed E-state index contributed by atoms with van der Waals surface area (Å²) in [6, 6.07) is 8.93. The molecule has 2 N–H and O–H groups in total. The zero-order chi connectivity index (χ0) is 12.5. The molecule has 0 saturated carbocycles. The van der Waals surface area contributed by atoms with E-state index in [-0.39, 0.29) is 6.10 Å². The van der Waals surface area contributed by atoms with Gasteiger partial charge in [-0.25, -0.2) is 0 Å². The van der Waals surface area contributed by atoms with Gasteiger partial charge in [0.25, 0.3) is 0 Å². The molecule has 0 aliphatic carbocycles. The van der Waals surface area contributed by atoms with Crippen LogP contribution >= 0.6 is 0 Å². The monoisotopic (exact) mass is 246 g/mol. The molecule has 18 heavy (non-hydrogen) atoms. The standard InChI is InChI=1S/C15H22N2O/c1-11-3-2-4-13(9-11)17-8-6-14(18)15(17)12-5-7-16-10-12/h2-4,9,12,14-16,18H,5-8,10H2,1H3. The molecule has 98 valence electrons. The molecule has 2 heterocycles. The molecule has 3 unspecified atom stereocenters. The van der Waals surface area contributed by atoms with E-state index in [4.69, 9.17) is 0 Å². The lowest BCUT2D eigenvalue weighted by Crippen LogP contribution is -2.42. The molecular formula is C15H22N2O. The summed E-state index contributed by atoms with van der Waals surface area (Å²) >= 11 is 0. The topological polar surface area (TPSA) is 35.5 Å². The first-order valence-electron chi connectivity index (χ1n) is 6.98. The summed E-state index contributed by atoms with van der Waals surface area (Å²) in [6.45, 7) is 5.24. The van der Waals surface area contributed by atoms with E-state index in [0.717, 1.165) is 26.1 Å². The predicted molar refractivity (Wildman–Crippen MR) is 73.9 cm³/mol. The van der Waals surface area contributed by atoms with E-state index in [1.165, 1.54) is 17.7 Å². The van der Waals surface area contributed by atoms with Crippen molar-refractivity contribution in [2.24, 2.45) is 5.92 Å². The van der Waals surface area contributed by atoms with Crippen LogP contribution in [0, 0.1) is 12.8 Å². The number of hydrogen-bond acceptors (Lipinski definition) is 3. The van der Waals surface area contributed by atoms with Crippen molar-refractivity contribution < 1.29 is 5.11 Å². The Labute approximate surface area is 109 Å². The van der Waals surface area contributed by atoms with Crippen molar-refractivity contribution in [3.05, 3.63) is 29.8 Å². The maximum atomic E-state index is 10.3. The molecule has 1 aromatic carbocycles. The summed E-state index contributed by atoms with van der Waals surface area (Å²) in [5.41, 5.74) is 2.56. The Morgan fingerprint density at radius 3 is 2.94 bits per heavy atom. The van der Waals surface area contributed by atoms with Crippen molar-refractivity contribution in [2.75, 3.05) is 24.5 Å². The minimum absolute atomic E-state index is 0.171. The van der Waals surface area contributed by atoms with Crippen LogP contribution in [0.15, 0.2) is 24.3 Å². The van der Waals surface area contributed by atoms with Crippen molar-refractivity contribution >= 4 is 5.69 Å². The summed E-state index contributed by atoms with van der Waals surface area (Å²) < 4.78 is 0. The molecule has 3 rings (SSSR count). The smallest absolute Gasteiger partial charge is 0.0763 e. The predicted octanol–water partition coefficient (Wildman–Crippen LogP) is 1.54. The van der Waals surface area contributed by atoms with Crippen molar-refractivity contribution in [1.29, 1.82) is 0 Å². The van der Waals surface area contributed by atoms with Gasteiger partial charge in [0, 0.05) is 18.8 Å². The number of aliphatic hydroxyl groups is 1. The first-order chi connectivity index (χ1) is 8.75. The van der Waals surface area contributed by atoms with E-state index in [1.807, 2.05) is 0 Å². The fourth-order valence-corrected chi connectivity index (χ4v) is 3.44. The molecule has 0 spiro atoms. The summed E-state index contributed by atoms with van der Waals surface area (Å²) in [4.78, 5) is 2.41. The molecule has 3 atom stereocenters. The van der Waals surface area contributed by atoms with Crippen LogP contribution in [0.25, 0.3) is 0 Å². The normalized spacial score (nSPS) is 32.1. The highest BCUT2D eigenvalue weighted by Crippen LogP contribution is 2.32. The average molecular weight is 246 g/mol. The molecule has 3 heteroatoms. The van der Waals surface area contributed by atoms with E-state index < -0.39 is 0 Å². The van der Waals surface area contributed by atoms with Gasteiger partial charge < -0.3 is 15.3 Å². The molecule has 2 aliphatic heterocycles. The minimum Gasteiger partial charge on any atom is -0.391 e. The summed E-state index contributed by atoms with van der Waals surface area (Å²) in [7, 11) is 0. The Balaban J connectivity index is 1.85. The highest BCUT2D eigenvalue weighted by molar-refractivity contribution is 5.51. The van der Waals surface area contributed by atoms with Crippen molar-refractivity contribution in [2.45, 2.75) is 31.9 Å². The lowest BCUT2D eigenvalue weighted by Gasteiger charge is -2.32. The van der Waals surface area contributed by atoms with Gasteiger partial charge in [-0.1, -0.05) is 12.1 Å². The van der Waals surface area contributed by atoms with Gasteiger partial charge in [0.05, 0.1) is 12.1 Å². The lowest BCUT2D eigenvalue weighted by molar-refractivity contribution is 0.142. The van der Waals surface area contributed by atoms with E-state index >= 15 is 0 Å². The number of nitrogens with one attached hydrogen (secondary N) is 1.